The van der Waals surface area contributed by atoms with Crippen molar-refractivity contribution in [3.63, 3.8) is 0 Å². The van der Waals surface area contributed by atoms with Crippen LogP contribution in [0.1, 0.15) is 0 Å². The van der Waals surface area contributed by atoms with Crippen LogP contribution in [0, 0.1) is 3.80 Å². The Kier molecular flexibility index (Phi) is 1.52. The van der Waals surface area contributed by atoms with Crippen molar-refractivity contribution < 1.29 is 19.4 Å². The molecule has 0 bridgehead atoms. The monoisotopic (exact) mass is 291 g/mol. The summed E-state index contributed by atoms with van der Waals surface area (Å²) >= 11 is 2.27. The maximum absolute atomic E-state index is 2.27. The van der Waals surface area contributed by atoms with Gasteiger partial charge in [-0.15, -0.1) is 0 Å². The van der Waals surface area contributed by atoms with Crippen molar-refractivity contribution in [2.24, 2.45) is 14.1 Å². The summed E-state index contributed by atoms with van der Waals surface area (Å²) in [5, 5.41) is 0. The van der Waals surface area contributed by atoms with Gasteiger partial charge in [-0.3, -0.25) is 0 Å². The number of aryl methyl sites for hydroxylation is 2. The molecule has 1 rings (SSSR count). The molecule has 0 spiro atoms. The van der Waals surface area contributed by atoms with Gasteiger partial charge in [0.1, 0.15) is 0 Å². The van der Waals surface area contributed by atoms with Gasteiger partial charge in [0.2, 0.25) is 0 Å². The van der Waals surface area contributed by atoms with Crippen LogP contribution in [0.4, 0.5) is 0 Å². The quantitative estimate of drug-likeness (QED) is 0.656. The first-order chi connectivity index (χ1) is 3.72. The van der Waals surface area contributed by atoms with Gasteiger partial charge in [0.15, 0.2) is 0 Å². The van der Waals surface area contributed by atoms with Gasteiger partial charge >= 0.3 is 58.8 Å². The van der Waals surface area contributed by atoms with Gasteiger partial charge in [0, 0.05) is 0 Å². The van der Waals surface area contributed by atoms with Crippen LogP contribution >= 0.6 is 0 Å². The van der Waals surface area contributed by atoms with Gasteiger partial charge in [-0.1, -0.05) is 0 Å². The molecule has 0 aliphatic rings. The fourth-order valence-corrected chi connectivity index (χ4v) is 0.901. The number of nitrogens with zero attached hydrogens (tertiary/aromatic N) is 2. The van der Waals surface area contributed by atoms with E-state index in [1.54, 1.807) is 0 Å². The molecule has 0 saturated heterocycles. The van der Waals surface area contributed by atoms with Crippen molar-refractivity contribution in [3.8, 4) is 0 Å². The fourth-order valence-electron chi connectivity index (χ4n) is 0.563. The van der Waals surface area contributed by atoms with Crippen LogP contribution in [0.5, 0.6) is 0 Å². The molecule has 1 aromatic rings. The predicted molar refractivity (Wildman–Crippen MR) is 27.6 cm³/mol. The second-order valence-corrected chi connectivity index (χ2v) is 2.78. The van der Waals surface area contributed by atoms with Crippen LogP contribution in [0.15, 0.2) is 12.4 Å². The number of hydrogen-bond donors (Lipinski definition) is 0. The normalized spacial score (nSPS) is 10.0. The van der Waals surface area contributed by atoms with E-state index in [2.05, 4.69) is 28.5 Å². The van der Waals surface area contributed by atoms with E-state index in [0.29, 0.717) is 0 Å². The van der Waals surface area contributed by atoms with Crippen molar-refractivity contribution >= 4 is 0 Å². The maximum atomic E-state index is 2.27. The molecule has 2 nitrogen and oxygen atoms in total. The zero-order valence-electron chi connectivity index (χ0n) is 4.87. The summed E-state index contributed by atoms with van der Waals surface area (Å²) in [7, 11) is 4.06. The topological polar surface area (TPSA) is 9.86 Å². The molecule has 0 saturated carbocycles. The predicted octanol–water partition coefficient (Wildman–Crippen LogP) is 0.442. The Hall–Kier alpha value is -0.102. The van der Waals surface area contributed by atoms with Crippen LogP contribution in [0.25, 0.3) is 0 Å². The van der Waals surface area contributed by atoms with Crippen LogP contribution in [0.3, 0.4) is 0 Å². The van der Waals surface area contributed by atoms with Gasteiger partial charge in [0.25, 0.3) is 0 Å². The van der Waals surface area contributed by atoms with E-state index in [1.165, 1.54) is 3.80 Å². The molecule has 0 fully saturated rings. The number of aromatic nitrogens is 2. The molecule has 0 unspecified atom stereocenters. The average molecular weight is 291 g/mol. The Morgan fingerprint density at radius 2 is 1.62 bits per heavy atom. The van der Waals surface area contributed by atoms with Gasteiger partial charge in [0.05, 0.1) is 0 Å². The van der Waals surface area contributed by atoms with Gasteiger partial charge < -0.3 is 0 Å². The molecule has 3 heteroatoms. The molecular formula is C5H8N2Pt. The molecule has 0 atom stereocenters. The van der Waals surface area contributed by atoms with Crippen molar-refractivity contribution in [2.45, 2.75) is 0 Å². The fraction of sp³-hybridized carbons (Fsp3) is 0.400. The molecule has 0 N–H and O–H groups in total. The van der Waals surface area contributed by atoms with E-state index in [4.69, 9.17) is 0 Å². The molecule has 1 aromatic heterocycles. The van der Waals surface area contributed by atoms with Crippen molar-refractivity contribution in [3.05, 3.63) is 16.2 Å². The minimum absolute atomic E-state index is 1.24. The van der Waals surface area contributed by atoms with E-state index in [1.807, 2.05) is 26.5 Å². The third-order valence-corrected chi connectivity index (χ3v) is 2.66. The van der Waals surface area contributed by atoms with Crippen molar-refractivity contribution in [1.82, 2.24) is 9.13 Å². The summed E-state index contributed by atoms with van der Waals surface area (Å²) in [6.07, 6.45) is 4.06. The molecule has 0 aliphatic heterocycles. The average Bonchev–Trinajstić information content (AvgIpc) is 1.98. The Labute approximate surface area is 59.2 Å². The molecule has 1 heterocycles. The number of imidazole rings is 1. The Bertz CT molecular complexity index is 210. The Morgan fingerprint density at radius 3 is 1.75 bits per heavy atom. The van der Waals surface area contributed by atoms with Crippen LogP contribution < -0.4 is 0 Å². The van der Waals surface area contributed by atoms with E-state index in [9.17, 15) is 0 Å². The number of rotatable bonds is 0. The minimum atomic E-state index is 1.24. The van der Waals surface area contributed by atoms with Crippen LogP contribution in [-0.2, 0) is 33.4 Å². The number of hydrogen-bond acceptors (Lipinski definition) is 0. The van der Waals surface area contributed by atoms with Crippen molar-refractivity contribution in [1.29, 1.82) is 0 Å². The second-order valence-electron chi connectivity index (χ2n) is 1.76. The molecule has 0 amide bonds. The van der Waals surface area contributed by atoms with Crippen LogP contribution in [0.2, 0.25) is 0 Å². The third kappa shape index (κ3) is 0.851. The SMILES string of the molecule is Cn1ccn(C)[c]1=[Pt]. The summed E-state index contributed by atoms with van der Waals surface area (Å²) in [6.45, 7) is 0. The molecule has 0 aromatic carbocycles. The zero-order valence-corrected chi connectivity index (χ0v) is 7.14. The van der Waals surface area contributed by atoms with Crippen molar-refractivity contribution in [2.75, 3.05) is 0 Å². The van der Waals surface area contributed by atoms with E-state index in [0.717, 1.165) is 0 Å². The van der Waals surface area contributed by atoms with Gasteiger partial charge in [-0.05, 0) is 0 Å². The summed E-state index contributed by atoms with van der Waals surface area (Å²) in [6, 6.07) is 0. The van der Waals surface area contributed by atoms with Crippen LogP contribution in [-0.4, -0.2) is 9.13 Å². The molecule has 0 radical (unpaired) electrons. The summed E-state index contributed by atoms with van der Waals surface area (Å²) in [4.78, 5) is 0. The molecule has 48 valence electrons. The first kappa shape index (κ1) is 6.02. The Morgan fingerprint density at radius 1 is 1.25 bits per heavy atom. The molecule has 8 heavy (non-hydrogen) atoms. The van der Waals surface area contributed by atoms with Gasteiger partial charge in [-0.25, -0.2) is 0 Å². The Balaban J connectivity index is 3.42. The van der Waals surface area contributed by atoms with E-state index in [-0.39, 0.29) is 0 Å². The second kappa shape index (κ2) is 2.02. The summed E-state index contributed by atoms with van der Waals surface area (Å²) in [5.41, 5.74) is 0. The third-order valence-electron chi connectivity index (χ3n) is 1.05. The summed E-state index contributed by atoms with van der Waals surface area (Å²) in [5.74, 6) is 0. The molecule has 0 aliphatic carbocycles. The zero-order chi connectivity index (χ0) is 6.15. The van der Waals surface area contributed by atoms with E-state index < -0.39 is 0 Å². The first-order valence-corrected chi connectivity index (χ1v) is 3.49. The standard InChI is InChI=1S/C5H8N2.Pt/c1-6-3-4-7(2)5-6;/h3-4H,1-2H3;. The van der Waals surface area contributed by atoms with E-state index >= 15 is 0 Å². The van der Waals surface area contributed by atoms with Gasteiger partial charge in [-0.2, -0.15) is 0 Å². The summed E-state index contributed by atoms with van der Waals surface area (Å²) < 4.78 is 5.38. The first-order valence-electron chi connectivity index (χ1n) is 2.35. The molecular weight excluding hydrogens is 283 g/mol.